The number of nitrogens with zero attached hydrogens (tertiary/aromatic N) is 1. The predicted octanol–water partition coefficient (Wildman–Crippen LogP) is 2.37. The van der Waals surface area contributed by atoms with E-state index in [4.69, 9.17) is 15.0 Å². The van der Waals surface area contributed by atoms with Gasteiger partial charge in [0.05, 0.1) is 16.1 Å². The molecule has 0 saturated carbocycles. The summed E-state index contributed by atoms with van der Waals surface area (Å²) in [5, 5.41) is 10.9. The molecular weight excluding hydrogens is 332 g/mol. The highest BCUT2D eigenvalue weighted by Gasteiger charge is 2.52. The van der Waals surface area contributed by atoms with Gasteiger partial charge in [-0.25, -0.2) is 0 Å². The lowest BCUT2D eigenvalue weighted by molar-refractivity contribution is -0.388. The maximum atomic E-state index is 12.5. The third kappa shape index (κ3) is 3.41. The minimum Gasteiger partial charge on any atom is -0.399 e. The van der Waals surface area contributed by atoms with E-state index < -0.39 is 41.0 Å². The normalized spacial score (nSPS) is 19.4. The fourth-order valence-corrected chi connectivity index (χ4v) is 2.12. The van der Waals surface area contributed by atoms with E-state index in [-0.39, 0.29) is 11.2 Å². The number of rotatable bonds is 3. The minimum absolute atomic E-state index is 0.0264. The van der Waals surface area contributed by atoms with E-state index >= 15 is 0 Å². The Kier molecular flexibility index (Phi) is 4.22. The van der Waals surface area contributed by atoms with E-state index in [2.05, 4.69) is 4.74 Å². The van der Waals surface area contributed by atoms with Crippen LogP contribution in [0.15, 0.2) is 12.1 Å². The molecule has 0 aromatic heterocycles. The minimum atomic E-state index is -5.09. The molecule has 2 N–H and O–H groups in total. The molecule has 0 unspecified atom stereocenters. The molecule has 1 aromatic carbocycles. The zero-order valence-corrected chi connectivity index (χ0v) is 13.4. The van der Waals surface area contributed by atoms with Gasteiger partial charge >= 0.3 is 19.2 Å². The summed E-state index contributed by atoms with van der Waals surface area (Å²) >= 11 is 0. The molecule has 1 fully saturated rings. The Hall–Kier alpha value is -2.01. The number of benzene rings is 1. The smallest absolute Gasteiger partial charge is 0.399 e. The molecule has 1 aliphatic heterocycles. The summed E-state index contributed by atoms with van der Waals surface area (Å²) in [6.45, 7) is 7.01. The van der Waals surface area contributed by atoms with Crippen molar-refractivity contribution in [2.24, 2.45) is 0 Å². The van der Waals surface area contributed by atoms with Crippen LogP contribution in [0.2, 0.25) is 0 Å². The number of hydrogen-bond acceptors (Lipinski definition) is 6. The topological polar surface area (TPSA) is 96.8 Å². The third-order valence-electron chi connectivity index (χ3n) is 4.09. The molecule has 0 amide bonds. The standard InChI is InChI=1S/C13H16BF3N2O5/c1-11(2)12(3,4)24-14(23-11)7-5-10(22-13(15,16)17)9(19(20)21)6-8(7)18/h5-6H,18H2,1-4H3. The van der Waals surface area contributed by atoms with Gasteiger partial charge in [0.1, 0.15) is 0 Å². The molecular formula is C13H16BF3N2O5. The van der Waals surface area contributed by atoms with Crippen molar-refractivity contribution >= 4 is 24.0 Å². The van der Waals surface area contributed by atoms with E-state index in [1.165, 1.54) is 0 Å². The number of nitro groups is 1. The molecule has 24 heavy (non-hydrogen) atoms. The average molecular weight is 348 g/mol. The number of nitrogens with two attached hydrogens (primary N) is 1. The van der Waals surface area contributed by atoms with Gasteiger partial charge in [-0.05, 0) is 33.8 Å². The van der Waals surface area contributed by atoms with Crippen LogP contribution in [-0.4, -0.2) is 29.6 Å². The van der Waals surface area contributed by atoms with Crippen LogP contribution in [0.3, 0.4) is 0 Å². The molecule has 0 bridgehead atoms. The van der Waals surface area contributed by atoms with Crippen LogP contribution in [0, 0.1) is 10.1 Å². The molecule has 1 saturated heterocycles. The van der Waals surface area contributed by atoms with Crippen LogP contribution in [-0.2, 0) is 9.31 Å². The summed E-state index contributed by atoms with van der Waals surface area (Å²) in [4.78, 5) is 9.93. The Morgan fingerprint density at radius 1 is 1.21 bits per heavy atom. The van der Waals surface area contributed by atoms with Crippen LogP contribution in [0.1, 0.15) is 27.7 Å². The number of nitro benzene ring substituents is 1. The molecule has 1 aliphatic rings. The van der Waals surface area contributed by atoms with E-state index in [0.717, 1.165) is 12.1 Å². The van der Waals surface area contributed by atoms with Crippen LogP contribution >= 0.6 is 0 Å². The van der Waals surface area contributed by atoms with Gasteiger partial charge in [-0.2, -0.15) is 0 Å². The first-order chi connectivity index (χ1) is 10.7. The number of anilines is 1. The number of ether oxygens (including phenoxy) is 1. The maximum absolute atomic E-state index is 12.5. The first-order valence-corrected chi connectivity index (χ1v) is 6.93. The molecule has 0 spiro atoms. The molecule has 0 atom stereocenters. The SMILES string of the molecule is CC1(C)OB(c2cc(OC(F)(F)F)c([N+](=O)[O-])cc2N)OC1(C)C. The van der Waals surface area contributed by atoms with Crippen LogP contribution in [0.4, 0.5) is 24.5 Å². The van der Waals surface area contributed by atoms with Gasteiger partial charge in [-0.15, -0.1) is 13.2 Å². The van der Waals surface area contributed by atoms with Gasteiger partial charge in [0, 0.05) is 17.2 Å². The van der Waals surface area contributed by atoms with Gasteiger partial charge in [0.25, 0.3) is 0 Å². The van der Waals surface area contributed by atoms with Gasteiger partial charge in [0.15, 0.2) is 0 Å². The zero-order chi connectivity index (χ0) is 18.5. The Morgan fingerprint density at radius 2 is 1.71 bits per heavy atom. The number of halogens is 3. The second kappa shape index (κ2) is 5.52. The highest BCUT2D eigenvalue weighted by molar-refractivity contribution is 6.64. The van der Waals surface area contributed by atoms with Gasteiger partial charge in [-0.1, -0.05) is 0 Å². The fraction of sp³-hybridized carbons (Fsp3) is 0.538. The lowest BCUT2D eigenvalue weighted by Gasteiger charge is -2.32. The summed E-state index contributed by atoms with van der Waals surface area (Å²) in [5.41, 5.74) is 3.24. The Labute approximate surface area is 136 Å². The first kappa shape index (κ1) is 18.3. The van der Waals surface area contributed by atoms with Crippen molar-refractivity contribution in [3.63, 3.8) is 0 Å². The molecule has 1 heterocycles. The van der Waals surface area contributed by atoms with Gasteiger partial charge < -0.3 is 19.8 Å². The predicted molar refractivity (Wildman–Crippen MR) is 79.9 cm³/mol. The lowest BCUT2D eigenvalue weighted by Crippen LogP contribution is -2.41. The van der Waals surface area contributed by atoms with E-state index in [1.54, 1.807) is 27.7 Å². The highest BCUT2D eigenvalue weighted by atomic mass is 19.4. The quantitative estimate of drug-likeness (QED) is 0.390. The molecule has 7 nitrogen and oxygen atoms in total. The molecule has 0 aliphatic carbocycles. The van der Waals surface area contributed by atoms with Crippen molar-refractivity contribution in [2.45, 2.75) is 45.3 Å². The van der Waals surface area contributed by atoms with Crippen LogP contribution in [0.25, 0.3) is 0 Å². The Morgan fingerprint density at radius 3 is 2.12 bits per heavy atom. The van der Waals surface area contributed by atoms with Gasteiger partial charge in [0.2, 0.25) is 5.75 Å². The summed E-state index contributed by atoms with van der Waals surface area (Å²) < 4.78 is 52.7. The lowest BCUT2D eigenvalue weighted by atomic mass is 9.77. The summed E-state index contributed by atoms with van der Waals surface area (Å²) in [5.74, 6) is -0.980. The van der Waals surface area contributed by atoms with Crippen molar-refractivity contribution in [3.05, 3.63) is 22.2 Å². The van der Waals surface area contributed by atoms with Crippen LogP contribution < -0.4 is 15.9 Å². The van der Waals surface area contributed by atoms with E-state index in [0.29, 0.717) is 0 Å². The van der Waals surface area contributed by atoms with Crippen LogP contribution in [0.5, 0.6) is 5.75 Å². The van der Waals surface area contributed by atoms with Crippen molar-refractivity contribution in [1.82, 2.24) is 0 Å². The molecule has 1 aromatic rings. The van der Waals surface area contributed by atoms with Crippen molar-refractivity contribution in [2.75, 3.05) is 5.73 Å². The molecule has 132 valence electrons. The van der Waals surface area contributed by atoms with Crippen molar-refractivity contribution < 1.29 is 32.1 Å². The molecule has 11 heteroatoms. The summed E-state index contributed by atoms with van der Waals surface area (Å²) in [6, 6.07) is 1.62. The fourth-order valence-electron chi connectivity index (χ4n) is 2.12. The zero-order valence-electron chi connectivity index (χ0n) is 13.4. The monoisotopic (exact) mass is 348 g/mol. The second-order valence-electron chi connectivity index (χ2n) is 6.34. The average Bonchev–Trinajstić information content (AvgIpc) is 2.58. The van der Waals surface area contributed by atoms with Gasteiger partial charge in [-0.3, -0.25) is 10.1 Å². The number of nitrogen functional groups attached to an aromatic ring is 1. The van der Waals surface area contributed by atoms with Crippen molar-refractivity contribution in [1.29, 1.82) is 0 Å². The Bertz CT molecular complexity index is 662. The van der Waals surface area contributed by atoms with Crippen molar-refractivity contribution in [3.8, 4) is 5.75 Å². The van der Waals surface area contributed by atoms with E-state index in [9.17, 15) is 23.3 Å². The summed E-state index contributed by atoms with van der Waals surface area (Å²) in [7, 11) is -1.08. The summed E-state index contributed by atoms with van der Waals surface area (Å²) in [6.07, 6.45) is -5.09. The molecule has 2 rings (SSSR count). The number of hydrogen-bond donors (Lipinski definition) is 1. The van der Waals surface area contributed by atoms with E-state index in [1.807, 2.05) is 0 Å². The first-order valence-electron chi connectivity index (χ1n) is 6.93. The third-order valence-corrected chi connectivity index (χ3v) is 4.09. The number of alkyl halides is 3. The second-order valence-corrected chi connectivity index (χ2v) is 6.34. The largest absolute Gasteiger partial charge is 0.573 e. The molecule has 0 radical (unpaired) electrons. The highest BCUT2D eigenvalue weighted by Crippen LogP contribution is 2.38. The Balaban J connectivity index is 2.49. The maximum Gasteiger partial charge on any atom is 0.573 e.